The Morgan fingerprint density at radius 1 is 1.18 bits per heavy atom. The third-order valence-corrected chi connectivity index (χ3v) is 3.70. The van der Waals surface area contributed by atoms with Crippen LogP contribution in [0, 0.1) is 13.8 Å². The minimum Gasteiger partial charge on any atom is -0.387 e. The Morgan fingerprint density at radius 2 is 2.00 bits per heavy atom. The first-order valence-corrected chi connectivity index (χ1v) is 6.31. The number of hydrogen-bond acceptors (Lipinski definition) is 2. The number of aromatic nitrogens is 1. The van der Waals surface area contributed by atoms with Crippen molar-refractivity contribution in [2.75, 3.05) is 12.4 Å². The fourth-order valence-electron chi connectivity index (χ4n) is 3.05. The van der Waals surface area contributed by atoms with Gasteiger partial charge in [0.05, 0.1) is 5.52 Å². The highest BCUT2D eigenvalue weighted by Crippen LogP contribution is 2.35. The number of aryl methyl sites for hydroxylation is 3. The van der Waals surface area contributed by atoms with Crippen molar-refractivity contribution in [1.29, 1.82) is 0 Å². The van der Waals surface area contributed by atoms with E-state index in [1.165, 1.54) is 46.3 Å². The van der Waals surface area contributed by atoms with Crippen LogP contribution in [0.2, 0.25) is 0 Å². The van der Waals surface area contributed by atoms with Gasteiger partial charge in [-0.05, 0) is 55.9 Å². The molecule has 1 aromatic heterocycles. The van der Waals surface area contributed by atoms with Crippen LogP contribution in [-0.2, 0) is 12.8 Å². The number of fused-ring (bicyclic) bond motifs is 2. The molecular formula is C15H18N2. The monoisotopic (exact) mass is 226 g/mol. The molecule has 88 valence electrons. The van der Waals surface area contributed by atoms with Gasteiger partial charge >= 0.3 is 0 Å². The van der Waals surface area contributed by atoms with E-state index in [-0.39, 0.29) is 0 Å². The van der Waals surface area contributed by atoms with Crippen molar-refractivity contribution in [1.82, 2.24) is 4.98 Å². The number of benzene rings is 1. The molecule has 2 aromatic rings. The van der Waals surface area contributed by atoms with Gasteiger partial charge in [-0.1, -0.05) is 6.07 Å². The van der Waals surface area contributed by atoms with Crippen LogP contribution < -0.4 is 5.32 Å². The Kier molecular flexibility index (Phi) is 2.32. The van der Waals surface area contributed by atoms with Crippen LogP contribution in [0.15, 0.2) is 12.1 Å². The lowest BCUT2D eigenvalue weighted by atomic mass is 10.0. The SMILES string of the molecule is CNc1c2c(nc3cc(C)cc(C)c13)CCC2. The molecule has 1 aromatic carbocycles. The van der Waals surface area contributed by atoms with Crippen molar-refractivity contribution in [2.45, 2.75) is 33.1 Å². The lowest BCUT2D eigenvalue weighted by molar-refractivity contribution is 0.901. The molecule has 0 unspecified atom stereocenters. The number of hydrogen-bond donors (Lipinski definition) is 1. The second kappa shape index (κ2) is 3.73. The summed E-state index contributed by atoms with van der Waals surface area (Å²) < 4.78 is 0. The summed E-state index contributed by atoms with van der Waals surface area (Å²) in [6.07, 6.45) is 3.54. The van der Waals surface area contributed by atoms with E-state index in [1.807, 2.05) is 7.05 Å². The van der Waals surface area contributed by atoms with E-state index in [9.17, 15) is 0 Å². The molecule has 0 atom stereocenters. The molecule has 0 radical (unpaired) electrons. The average Bonchev–Trinajstić information content (AvgIpc) is 2.73. The van der Waals surface area contributed by atoms with Gasteiger partial charge in [-0.2, -0.15) is 0 Å². The Labute approximate surface area is 102 Å². The zero-order valence-corrected chi connectivity index (χ0v) is 10.7. The second-order valence-electron chi connectivity index (χ2n) is 4.99. The van der Waals surface area contributed by atoms with E-state index in [4.69, 9.17) is 4.98 Å². The van der Waals surface area contributed by atoms with Gasteiger partial charge in [0.25, 0.3) is 0 Å². The number of nitrogens with one attached hydrogen (secondary N) is 1. The van der Waals surface area contributed by atoms with Gasteiger partial charge in [-0.15, -0.1) is 0 Å². The average molecular weight is 226 g/mol. The molecule has 1 N–H and O–H groups in total. The van der Waals surface area contributed by atoms with Crippen molar-refractivity contribution in [3.63, 3.8) is 0 Å². The van der Waals surface area contributed by atoms with Crippen LogP contribution in [0.4, 0.5) is 5.69 Å². The maximum atomic E-state index is 4.85. The van der Waals surface area contributed by atoms with Crippen molar-refractivity contribution < 1.29 is 0 Å². The van der Waals surface area contributed by atoms with Gasteiger partial charge in [0.2, 0.25) is 0 Å². The van der Waals surface area contributed by atoms with E-state index < -0.39 is 0 Å². The third kappa shape index (κ3) is 1.51. The fourth-order valence-corrected chi connectivity index (χ4v) is 3.05. The topological polar surface area (TPSA) is 24.9 Å². The molecule has 1 aliphatic rings. The summed E-state index contributed by atoms with van der Waals surface area (Å²) in [5.41, 5.74) is 7.81. The van der Waals surface area contributed by atoms with Crippen LogP contribution in [-0.4, -0.2) is 12.0 Å². The van der Waals surface area contributed by atoms with Gasteiger partial charge in [0, 0.05) is 23.8 Å². The summed E-state index contributed by atoms with van der Waals surface area (Å²) in [7, 11) is 2.02. The van der Waals surface area contributed by atoms with Gasteiger partial charge in [0.15, 0.2) is 0 Å². The maximum absolute atomic E-state index is 4.85. The van der Waals surface area contributed by atoms with Crippen LogP contribution in [0.1, 0.15) is 28.8 Å². The highest BCUT2D eigenvalue weighted by Gasteiger charge is 2.19. The van der Waals surface area contributed by atoms with Gasteiger partial charge in [-0.25, -0.2) is 0 Å². The lowest BCUT2D eigenvalue weighted by Crippen LogP contribution is -2.01. The summed E-state index contributed by atoms with van der Waals surface area (Å²) in [4.78, 5) is 4.85. The number of anilines is 1. The summed E-state index contributed by atoms with van der Waals surface area (Å²) in [5, 5.41) is 4.70. The molecule has 0 amide bonds. The number of pyridine rings is 1. The molecule has 0 aliphatic heterocycles. The van der Waals surface area contributed by atoms with Crippen molar-refractivity contribution >= 4 is 16.6 Å². The fraction of sp³-hybridized carbons (Fsp3) is 0.400. The number of rotatable bonds is 1. The Balaban J connectivity index is 2.45. The molecule has 2 heteroatoms. The number of nitrogens with zero attached hydrogens (tertiary/aromatic N) is 1. The van der Waals surface area contributed by atoms with Gasteiger partial charge < -0.3 is 5.32 Å². The summed E-state index contributed by atoms with van der Waals surface area (Å²) >= 11 is 0. The first kappa shape index (κ1) is 10.6. The minimum atomic E-state index is 1.13. The van der Waals surface area contributed by atoms with Crippen LogP contribution in [0.3, 0.4) is 0 Å². The first-order valence-electron chi connectivity index (χ1n) is 6.31. The Morgan fingerprint density at radius 3 is 2.76 bits per heavy atom. The summed E-state index contributed by atoms with van der Waals surface area (Å²) in [5.74, 6) is 0. The Bertz CT molecular complexity index is 600. The van der Waals surface area contributed by atoms with Crippen molar-refractivity contribution in [2.24, 2.45) is 0 Å². The third-order valence-electron chi connectivity index (χ3n) is 3.70. The molecule has 0 bridgehead atoms. The van der Waals surface area contributed by atoms with E-state index in [0.717, 1.165) is 11.9 Å². The maximum Gasteiger partial charge on any atom is 0.0731 e. The molecule has 0 spiro atoms. The smallest absolute Gasteiger partial charge is 0.0731 e. The minimum absolute atomic E-state index is 1.13. The van der Waals surface area contributed by atoms with E-state index in [0.29, 0.717) is 0 Å². The second-order valence-corrected chi connectivity index (χ2v) is 4.99. The zero-order chi connectivity index (χ0) is 12.0. The standard InChI is InChI=1S/C15H18N2/c1-9-7-10(2)14-13(8-9)17-12-6-4-5-11(12)15(14)16-3/h7-8H,4-6H2,1-3H3,(H,16,17). The highest BCUT2D eigenvalue weighted by atomic mass is 14.9. The lowest BCUT2D eigenvalue weighted by Gasteiger charge is -2.14. The first-order chi connectivity index (χ1) is 8.20. The summed E-state index contributed by atoms with van der Waals surface area (Å²) in [6.45, 7) is 4.32. The molecule has 17 heavy (non-hydrogen) atoms. The van der Waals surface area contributed by atoms with Crippen LogP contribution in [0.5, 0.6) is 0 Å². The zero-order valence-electron chi connectivity index (χ0n) is 10.7. The molecule has 1 heterocycles. The molecule has 0 fully saturated rings. The predicted octanol–water partition coefficient (Wildman–Crippen LogP) is 3.38. The molecule has 2 nitrogen and oxygen atoms in total. The van der Waals surface area contributed by atoms with E-state index in [1.54, 1.807) is 0 Å². The van der Waals surface area contributed by atoms with Crippen molar-refractivity contribution in [3.8, 4) is 0 Å². The van der Waals surface area contributed by atoms with E-state index in [2.05, 4.69) is 31.3 Å². The van der Waals surface area contributed by atoms with Crippen molar-refractivity contribution in [3.05, 3.63) is 34.5 Å². The summed E-state index contributed by atoms with van der Waals surface area (Å²) in [6, 6.07) is 4.44. The largest absolute Gasteiger partial charge is 0.387 e. The predicted molar refractivity (Wildman–Crippen MR) is 72.8 cm³/mol. The molecule has 3 rings (SSSR count). The van der Waals surface area contributed by atoms with Crippen LogP contribution in [0.25, 0.3) is 10.9 Å². The molecular weight excluding hydrogens is 208 g/mol. The molecule has 1 aliphatic carbocycles. The Hall–Kier alpha value is -1.57. The van der Waals surface area contributed by atoms with Crippen LogP contribution >= 0.6 is 0 Å². The van der Waals surface area contributed by atoms with Gasteiger partial charge in [-0.3, -0.25) is 4.98 Å². The molecule has 0 saturated heterocycles. The van der Waals surface area contributed by atoms with E-state index >= 15 is 0 Å². The highest BCUT2D eigenvalue weighted by molar-refractivity contribution is 5.96. The normalized spacial score (nSPS) is 14.1. The molecule has 0 saturated carbocycles. The van der Waals surface area contributed by atoms with Gasteiger partial charge in [0.1, 0.15) is 0 Å². The quantitative estimate of drug-likeness (QED) is 0.806.